The van der Waals surface area contributed by atoms with Crippen molar-refractivity contribution in [3.05, 3.63) is 112 Å². The van der Waals surface area contributed by atoms with Crippen LogP contribution in [0.3, 0.4) is 0 Å². The molecule has 1 amide bonds. The number of benzene rings is 3. The van der Waals surface area contributed by atoms with Crippen molar-refractivity contribution < 1.29 is 13.2 Å². The summed E-state index contributed by atoms with van der Waals surface area (Å²) in [6.07, 6.45) is 1.88. The molecule has 0 bridgehead atoms. The van der Waals surface area contributed by atoms with E-state index in [-0.39, 0.29) is 12.2 Å². The molecule has 1 aromatic heterocycles. The Bertz CT molecular complexity index is 1470. The zero-order chi connectivity index (χ0) is 24.6. The monoisotopic (exact) mass is 525 g/mol. The fraction of sp³-hybridized carbons (Fsp3) is 0.154. The topological polar surface area (TPSA) is 72.3 Å². The zero-order valence-corrected chi connectivity index (χ0v) is 20.8. The second-order valence-electron chi connectivity index (χ2n) is 8.32. The minimum Gasteiger partial charge on any atom is -0.332 e. The number of carbonyl (C=O) groups excluding carboxylic acids is 1. The van der Waals surface area contributed by atoms with Gasteiger partial charge in [-0.2, -0.15) is 0 Å². The van der Waals surface area contributed by atoms with E-state index < -0.39 is 22.0 Å². The molecule has 1 atom stereocenters. The van der Waals surface area contributed by atoms with Crippen molar-refractivity contribution in [3.63, 3.8) is 0 Å². The summed E-state index contributed by atoms with van der Waals surface area (Å²) >= 11 is 12.2. The average Bonchev–Trinajstić information content (AvgIpc) is 3.20. The van der Waals surface area contributed by atoms with Gasteiger partial charge in [-0.25, -0.2) is 17.7 Å². The predicted octanol–water partition coefficient (Wildman–Crippen LogP) is 5.71. The molecule has 0 N–H and O–H groups in total. The zero-order valence-electron chi connectivity index (χ0n) is 18.5. The van der Waals surface area contributed by atoms with Crippen molar-refractivity contribution in [2.24, 2.45) is 0 Å². The fourth-order valence-corrected chi connectivity index (χ4v) is 6.21. The standard InChI is InChI=1S/C26H21Cl2N3O3S/c27-21-10-6-19(7-11-21)23-16-30-15-14-24(32)31(35(33,34)17-18-4-2-1-3-5-18)25(26(30)29-23)20-8-12-22(28)13-9-20/h1-13,16,25H,14-15,17H2. The van der Waals surface area contributed by atoms with Crippen LogP contribution in [-0.4, -0.2) is 28.2 Å². The van der Waals surface area contributed by atoms with E-state index in [1.807, 2.05) is 29.0 Å². The van der Waals surface area contributed by atoms with Crippen molar-refractivity contribution in [1.82, 2.24) is 13.9 Å². The van der Waals surface area contributed by atoms with Gasteiger partial charge >= 0.3 is 0 Å². The molecule has 0 spiro atoms. The Kier molecular flexibility index (Phi) is 6.40. The van der Waals surface area contributed by atoms with Crippen molar-refractivity contribution in [2.45, 2.75) is 24.8 Å². The minimum atomic E-state index is -4.04. The summed E-state index contributed by atoms with van der Waals surface area (Å²) in [5.41, 5.74) is 2.72. The molecule has 35 heavy (non-hydrogen) atoms. The Morgan fingerprint density at radius 3 is 2.17 bits per heavy atom. The van der Waals surface area contributed by atoms with E-state index >= 15 is 0 Å². The van der Waals surface area contributed by atoms with Crippen LogP contribution < -0.4 is 0 Å². The molecule has 0 fully saturated rings. The first-order valence-corrected chi connectivity index (χ1v) is 13.4. The first-order chi connectivity index (χ1) is 16.8. The molecule has 3 aromatic carbocycles. The molecule has 178 valence electrons. The van der Waals surface area contributed by atoms with Gasteiger partial charge in [-0.3, -0.25) is 4.79 Å². The molecule has 1 aliphatic heterocycles. The number of amides is 1. The third kappa shape index (κ3) is 4.85. The maximum atomic E-state index is 13.7. The SMILES string of the molecule is O=C1CCn2cc(-c3ccc(Cl)cc3)nc2C(c2ccc(Cl)cc2)N1S(=O)(=O)Cc1ccccc1. The van der Waals surface area contributed by atoms with Gasteiger partial charge in [0.2, 0.25) is 15.9 Å². The molecule has 0 radical (unpaired) electrons. The normalized spacial score (nSPS) is 16.1. The Morgan fingerprint density at radius 2 is 1.51 bits per heavy atom. The Balaban J connectivity index is 1.65. The molecule has 6 nitrogen and oxygen atoms in total. The molecular weight excluding hydrogens is 505 g/mol. The van der Waals surface area contributed by atoms with Crippen molar-refractivity contribution >= 4 is 39.1 Å². The van der Waals surface area contributed by atoms with Gasteiger partial charge in [0.05, 0.1) is 11.4 Å². The van der Waals surface area contributed by atoms with Crippen LogP contribution in [0, 0.1) is 0 Å². The number of fused-ring (bicyclic) bond motifs is 1. The summed E-state index contributed by atoms with van der Waals surface area (Å²) in [6, 6.07) is 22.0. The number of imidazole rings is 1. The highest BCUT2D eigenvalue weighted by molar-refractivity contribution is 7.88. The number of hydrogen-bond donors (Lipinski definition) is 0. The van der Waals surface area contributed by atoms with E-state index in [1.165, 1.54) is 0 Å². The molecule has 9 heteroatoms. The highest BCUT2D eigenvalue weighted by atomic mass is 35.5. The number of hydrogen-bond acceptors (Lipinski definition) is 4. The number of nitrogens with zero attached hydrogens (tertiary/aromatic N) is 3. The number of carbonyl (C=O) groups is 1. The van der Waals surface area contributed by atoms with Gasteiger partial charge in [-0.1, -0.05) is 77.8 Å². The second kappa shape index (κ2) is 9.49. The Morgan fingerprint density at radius 1 is 0.886 bits per heavy atom. The second-order valence-corrected chi connectivity index (χ2v) is 11.0. The number of halogens is 2. The lowest BCUT2D eigenvalue weighted by atomic mass is 10.1. The average molecular weight is 526 g/mol. The van der Waals surface area contributed by atoms with Crippen LogP contribution in [0.1, 0.15) is 29.4 Å². The van der Waals surface area contributed by atoms with E-state index in [0.29, 0.717) is 39.2 Å². The van der Waals surface area contributed by atoms with Crippen molar-refractivity contribution in [1.29, 1.82) is 0 Å². The van der Waals surface area contributed by atoms with E-state index in [2.05, 4.69) is 0 Å². The molecular formula is C26H21Cl2N3O3S. The highest BCUT2D eigenvalue weighted by Crippen LogP contribution is 2.36. The lowest BCUT2D eigenvalue weighted by Crippen LogP contribution is -2.40. The maximum absolute atomic E-state index is 13.7. The Labute approximate surface area is 213 Å². The summed E-state index contributed by atoms with van der Waals surface area (Å²) in [6.45, 7) is 0.316. The molecule has 4 aromatic rings. The smallest absolute Gasteiger partial charge is 0.242 e. The van der Waals surface area contributed by atoms with Gasteiger partial charge in [0.25, 0.3) is 0 Å². The molecule has 1 aliphatic rings. The number of aromatic nitrogens is 2. The van der Waals surface area contributed by atoms with Gasteiger partial charge in [0, 0.05) is 34.8 Å². The lowest BCUT2D eigenvalue weighted by Gasteiger charge is -2.29. The fourth-order valence-electron chi connectivity index (χ4n) is 4.26. The number of rotatable bonds is 5. The third-order valence-corrected chi connectivity index (χ3v) is 8.13. The number of aryl methyl sites for hydroxylation is 1. The highest BCUT2D eigenvalue weighted by Gasteiger charge is 2.40. The molecule has 2 heterocycles. The van der Waals surface area contributed by atoms with Gasteiger partial charge in [0.15, 0.2) is 0 Å². The molecule has 5 rings (SSSR count). The molecule has 0 saturated carbocycles. The van der Waals surface area contributed by atoms with E-state index in [9.17, 15) is 13.2 Å². The summed E-state index contributed by atoms with van der Waals surface area (Å²) in [5.74, 6) is -0.298. The first kappa shape index (κ1) is 23.6. The van der Waals surface area contributed by atoms with Crippen molar-refractivity contribution in [3.8, 4) is 11.3 Å². The van der Waals surface area contributed by atoms with Gasteiger partial charge in [-0.05, 0) is 35.4 Å². The largest absolute Gasteiger partial charge is 0.332 e. The van der Waals surface area contributed by atoms with Gasteiger partial charge in [0.1, 0.15) is 11.9 Å². The van der Waals surface area contributed by atoms with Crippen LogP contribution in [0.4, 0.5) is 0 Å². The van der Waals surface area contributed by atoms with Crippen LogP contribution in [0.5, 0.6) is 0 Å². The first-order valence-electron chi connectivity index (χ1n) is 11.0. The summed E-state index contributed by atoms with van der Waals surface area (Å²) in [7, 11) is -4.04. The van der Waals surface area contributed by atoms with Crippen LogP contribution in [-0.2, 0) is 27.1 Å². The van der Waals surface area contributed by atoms with Crippen LogP contribution >= 0.6 is 23.2 Å². The van der Waals surface area contributed by atoms with Gasteiger partial charge < -0.3 is 4.57 Å². The predicted molar refractivity (Wildman–Crippen MR) is 136 cm³/mol. The van der Waals surface area contributed by atoms with Crippen LogP contribution in [0.2, 0.25) is 10.0 Å². The van der Waals surface area contributed by atoms with Crippen LogP contribution in [0.25, 0.3) is 11.3 Å². The van der Waals surface area contributed by atoms with E-state index in [0.717, 1.165) is 9.87 Å². The summed E-state index contributed by atoms with van der Waals surface area (Å²) in [4.78, 5) is 18.2. The molecule has 0 aliphatic carbocycles. The molecule has 1 unspecified atom stereocenters. The molecule has 0 saturated heterocycles. The maximum Gasteiger partial charge on any atom is 0.242 e. The van der Waals surface area contributed by atoms with E-state index in [1.54, 1.807) is 60.7 Å². The number of sulfonamides is 1. The Hall–Kier alpha value is -3.13. The summed E-state index contributed by atoms with van der Waals surface area (Å²) in [5, 5.41) is 1.12. The third-order valence-electron chi connectivity index (χ3n) is 5.92. The van der Waals surface area contributed by atoms with Crippen molar-refractivity contribution in [2.75, 3.05) is 0 Å². The van der Waals surface area contributed by atoms with Crippen LogP contribution in [0.15, 0.2) is 85.1 Å². The van der Waals surface area contributed by atoms with Gasteiger partial charge in [-0.15, -0.1) is 0 Å². The lowest BCUT2D eigenvalue weighted by molar-refractivity contribution is -0.127. The minimum absolute atomic E-state index is 0.0293. The quantitative estimate of drug-likeness (QED) is 0.334. The summed E-state index contributed by atoms with van der Waals surface area (Å²) < 4.78 is 30.3. The van der Waals surface area contributed by atoms with E-state index in [4.69, 9.17) is 28.2 Å².